The number of anilines is 1. The molecule has 1 aliphatic heterocycles. The highest BCUT2D eigenvalue weighted by atomic mass is 32.1. The van der Waals surface area contributed by atoms with E-state index in [1.54, 1.807) is 18.5 Å². The zero-order chi connectivity index (χ0) is 20.2. The number of aromatic nitrogens is 4. The number of carbonyl (C=O) groups is 1. The van der Waals surface area contributed by atoms with Crippen LogP contribution in [0, 0.1) is 5.92 Å². The molecule has 0 radical (unpaired) electrons. The molecule has 1 saturated heterocycles. The normalized spacial score (nSPS) is 15.0. The van der Waals surface area contributed by atoms with Crippen molar-refractivity contribution < 1.29 is 4.79 Å². The number of carbonyl (C=O) groups excluding carboxylic acids is 1. The lowest BCUT2D eigenvalue weighted by molar-refractivity contribution is -0.125. The van der Waals surface area contributed by atoms with Crippen LogP contribution >= 0.6 is 11.3 Å². The molecule has 0 saturated carbocycles. The highest BCUT2D eigenvalue weighted by Crippen LogP contribution is 2.27. The van der Waals surface area contributed by atoms with E-state index in [0.717, 1.165) is 55.2 Å². The summed E-state index contributed by atoms with van der Waals surface area (Å²) in [7, 11) is 0. The zero-order valence-electron chi connectivity index (χ0n) is 16.4. The average molecular weight is 413 g/mol. The van der Waals surface area contributed by atoms with Crippen LogP contribution in [0.4, 0.5) is 5.13 Å². The maximum Gasteiger partial charge on any atom is 0.275 e. The van der Waals surface area contributed by atoms with E-state index >= 15 is 0 Å². The van der Waals surface area contributed by atoms with Crippen molar-refractivity contribution in [3.05, 3.63) is 52.2 Å². The predicted octanol–water partition coefficient (Wildman–Crippen LogP) is 2.03. The van der Waals surface area contributed by atoms with Crippen LogP contribution in [0.15, 0.2) is 35.4 Å². The fraction of sp³-hybridized carbons (Fsp3) is 0.450. The van der Waals surface area contributed by atoms with Crippen LogP contribution in [0.2, 0.25) is 0 Å². The largest absolute Gasteiger partial charge is 0.352 e. The van der Waals surface area contributed by atoms with Gasteiger partial charge in [-0.05, 0) is 30.9 Å². The van der Waals surface area contributed by atoms with Crippen LogP contribution in [0.1, 0.15) is 37.4 Å². The number of aryl methyl sites for hydroxylation is 1. The van der Waals surface area contributed by atoms with Gasteiger partial charge in [0, 0.05) is 49.7 Å². The second-order valence-electron chi connectivity index (χ2n) is 7.26. The third-order valence-corrected chi connectivity index (χ3v) is 6.09. The van der Waals surface area contributed by atoms with Crippen LogP contribution in [0.5, 0.6) is 0 Å². The Balaban J connectivity index is 1.37. The van der Waals surface area contributed by atoms with Crippen molar-refractivity contribution in [2.45, 2.75) is 39.2 Å². The van der Waals surface area contributed by atoms with Gasteiger partial charge < -0.3 is 10.2 Å². The molecular formula is C20H24N6O2S. The molecular weight excluding hydrogens is 388 g/mol. The molecule has 29 heavy (non-hydrogen) atoms. The summed E-state index contributed by atoms with van der Waals surface area (Å²) in [5.41, 5.74) is 1.68. The molecule has 0 bridgehead atoms. The summed E-state index contributed by atoms with van der Waals surface area (Å²) < 4.78 is 1.38. The summed E-state index contributed by atoms with van der Waals surface area (Å²) in [4.78, 5) is 36.2. The van der Waals surface area contributed by atoms with Crippen LogP contribution in [0.25, 0.3) is 4.96 Å². The molecule has 1 amide bonds. The molecule has 9 heteroatoms. The Hall–Kier alpha value is -2.81. The molecule has 0 atom stereocenters. The lowest BCUT2D eigenvalue weighted by Gasteiger charge is -2.30. The molecule has 3 aromatic rings. The number of rotatable bonds is 6. The predicted molar refractivity (Wildman–Crippen MR) is 112 cm³/mol. The number of hydrogen-bond donors (Lipinski definition) is 1. The van der Waals surface area contributed by atoms with Gasteiger partial charge in [-0.25, -0.2) is 4.98 Å². The van der Waals surface area contributed by atoms with Crippen LogP contribution < -0.4 is 15.8 Å². The highest BCUT2D eigenvalue weighted by molar-refractivity contribution is 7.20. The Kier molecular flexibility index (Phi) is 5.84. The van der Waals surface area contributed by atoms with Gasteiger partial charge in [-0.3, -0.25) is 14.6 Å². The van der Waals surface area contributed by atoms with Crippen LogP contribution in [0.3, 0.4) is 0 Å². The first-order valence-corrected chi connectivity index (χ1v) is 10.8. The van der Waals surface area contributed by atoms with Gasteiger partial charge in [-0.2, -0.15) is 4.52 Å². The Labute approximate surface area is 172 Å². The molecule has 4 rings (SSSR count). The van der Waals surface area contributed by atoms with E-state index in [-0.39, 0.29) is 17.4 Å². The van der Waals surface area contributed by atoms with Gasteiger partial charge in [0.1, 0.15) is 0 Å². The van der Waals surface area contributed by atoms with Crippen molar-refractivity contribution in [1.82, 2.24) is 24.9 Å². The number of hydrogen-bond acceptors (Lipinski definition) is 7. The topological polar surface area (TPSA) is 92.5 Å². The summed E-state index contributed by atoms with van der Waals surface area (Å²) in [5, 5.41) is 8.26. The van der Waals surface area contributed by atoms with Crippen molar-refractivity contribution >= 4 is 27.3 Å². The maximum atomic E-state index is 12.5. The van der Waals surface area contributed by atoms with Gasteiger partial charge >= 0.3 is 0 Å². The first-order valence-electron chi connectivity index (χ1n) is 9.95. The number of piperidine rings is 1. The molecule has 152 valence electrons. The third kappa shape index (κ3) is 4.45. The fourth-order valence-corrected chi connectivity index (χ4v) is 4.50. The molecule has 8 nitrogen and oxygen atoms in total. The smallest absolute Gasteiger partial charge is 0.275 e. The van der Waals surface area contributed by atoms with Crippen molar-refractivity contribution in [1.29, 1.82) is 0 Å². The van der Waals surface area contributed by atoms with Crippen molar-refractivity contribution in [3.63, 3.8) is 0 Å². The van der Waals surface area contributed by atoms with Gasteiger partial charge in [0.15, 0.2) is 0 Å². The van der Waals surface area contributed by atoms with E-state index in [2.05, 4.69) is 32.2 Å². The summed E-state index contributed by atoms with van der Waals surface area (Å²) in [6.07, 6.45) is 6.74. The van der Waals surface area contributed by atoms with Gasteiger partial charge in [-0.15, -0.1) is 5.10 Å². The highest BCUT2D eigenvalue weighted by Gasteiger charge is 2.26. The standard InChI is InChI=1S/C20H24N6O2S/c1-2-4-16-11-17(27)26-19(23-16)29-20(24-26)25-9-6-15(7-10-25)18(28)22-13-14-5-3-8-21-12-14/h3,5,8,11-12,15H,2,4,6-7,9-10,13H2,1H3,(H,22,28). The molecule has 0 aromatic carbocycles. The quantitative estimate of drug-likeness (QED) is 0.666. The Bertz CT molecular complexity index is 1040. The summed E-state index contributed by atoms with van der Waals surface area (Å²) in [6.45, 7) is 4.04. The lowest BCUT2D eigenvalue weighted by atomic mass is 9.96. The Morgan fingerprint density at radius 2 is 2.17 bits per heavy atom. The Morgan fingerprint density at radius 1 is 1.34 bits per heavy atom. The van der Waals surface area contributed by atoms with Gasteiger partial charge in [0.25, 0.3) is 5.56 Å². The maximum absolute atomic E-state index is 12.5. The number of amides is 1. The van der Waals surface area contributed by atoms with E-state index < -0.39 is 0 Å². The average Bonchev–Trinajstić information content (AvgIpc) is 3.18. The molecule has 1 fully saturated rings. The number of nitrogens with zero attached hydrogens (tertiary/aromatic N) is 5. The molecule has 3 aromatic heterocycles. The zero-order valence-corrected chi connectivity index (χ0v) is 17.2. The van der Waals surface area contributed by atoms with E-state index in [9.17, 15) is 9.59 Å². The monoisotopic (exact) mass is 412 g/mol. The van der Waals surface area contributed by atoms with E-state index in [1.807, 2.05) is 12.1 Å². The summed E-state index contributed by atoms with van der Waals surface area (Å²) in [6, 6.07) is 5.38. The SMILES string of the molecule is CCCc1cc(=O)n2nc(N3CCC(C(=O)NCc4cccnc4)CC3)sc2n1. The summed E-state index contributed by atoms with van der Waals surface area (Å²) in [5.74, 6) is 0.0780. The van der Waals surface area contributed by atoms with Crippen molar-refractivity contribution in [3.8, 4) is 0 Å². The van der Waals surface area contributed by atoms with E-state index in [0.29, 0.717) is 11.5 Å². The number of nitrogens with one attached hydrogen (secondary N) is 1. The molecule has 0 unspecified atom stereocenters. The molecule has 1 N–H and O–H groups in total. The molecule has 4 heterocycles. The fourth-order valence-electron chi connectivity index (χ4n) is 3.53. The van der Waals surface area contributed by atoms with Gasteiger partial charge in [-0.1, -0.05) is 30.7 Å². The molecule has 0 aliphatic carbocycles. The van der Waals surface area contributed by atoms with E-state index in [4.69, 9.17) is 0 Å². The van der Waals surface area contributed by atoms with Crippen LogP contribution in [-0.4, -0.2) is 38.6 Å². The minimum atomic E-state index is -0.134. The molecule has 0 spiro atoms. The first kappa shape index (κ1) is 19.5. The van der Waals surface area contributed by atoms with Crippen LogP contribution in [-0.2, 0) is 17.8 Å². The minimum absolute atomic E-state index is 0.00527. The van der Waals surface area contributed by atoms with E-state index in [1.165, 1.54) is 15.9 Å². The van der Waals surface area contributed by atoms with Crippen molar-refractivity contribution in [2.24, 2.45) is 5.92 Å². The first-order chi connectivity index (χ1) is 14.1. The second-order valence-corrected chi connectivity index (χ2v) is 8.19. The molecule has 1 aliphatic rings. The number of pyridine rings is 1. The number of fused-ring (bicyclic) bond motifs is 1. The second kappa shape index (κ2) is 8.69. The van der Waals surface area contributed by atoms with Gasteiger partial charge in [0.2, 0.25) is 16.0 Å². The Morgan fingerprint density at radius 3 is 2.90 bits per heavy atom. The lowest BCUT2D eigenvalue weighted by Crippen LogP contribution is -2.40. The third-order valence-electron chi connectivity index (χ3n) is 5.12. The minimum Gasteiger partial charge on any atom is -0.352 e. The van der Waals surface area contributed by atoms with Gasteiger partial charge in [0.05, 0.1) is 0 Å². The van der Waals surface area contributed by atoms with Crippen molar-refractivity contribution in [2.75, 3.05) is 18.0 Å². The summed E-state index contributed by atoms with van der Waals surface area (Å²) >= 11 is 1.43.